The zero-order chi connectivity index (χ0) is 7.56. The molecule has 52 valence electrons. The van der Waals surface area contributed by atoms with Crippen molar-refractivity contribution < 1.29 is 8.78 Å². The van der Waals surface area contributed by atoms with E-state index >= 15 is 0 Å². The van der Waals surface area contributed by atoms with Crippen molar-refractivity contribution in [3.63, 3.8) is 0 Å². The minimum Gasteiger partial charge on any atom is -0.256 e. The first-order valence-electron chi connectivity index (χ1n) is 2.91. The molecule has 10 heavy (non-hydrogen) atoms. The molecule has 0 saturated heterocycles. The summed E-state index contributed by atoms with van der Waals surface area (Å²) in [5.41, 5.74) is 0.731. The van der Waals surface area contributed by atoms with Gasteiger partial charge in [0.05, 0.1) is 0 Å². The standard InChI is InChI=1S/C6H6BF2N/c7-4-1-2-5(6(8)9)10-3-4/h1-3,6H,7H2. The Balaban J connectivity index is 2.89. The van der Waals surface area contributed by atoms with Crippen LogP contribution in [0.3, 0.4) is 0 Å². The van der Waals surface area contributed by atoms with E-state index < -0.39 is 6.43 Å². The molecule has 0 aliphatic heterocycles. The maximum Gasteiger partial charge on any atom is 0.280 e. The summed E-state index contributed by atoms with van der Waals surface area (Å²) in [6, 6.07) is 2.95. The number of pyridine rings is 1. The molecule has 0 atom stereocenters. The molecular formula is C6H6BF2N. The highest BCUT2D eigenvalue weighted by atomic mass is 19.3. The summed E-state index contributed by atoms with van der Waals surface area (Å²) in [6.07, 6.45) is -1.03. The molecular weight excluding hydrogens is 135 g/mol. The molecule has 0 bridgehead atoms. The third-order valence-electron chi connectivity index (χ3n) is 1.16. The van der Waals surface area contributed by atoms with Gasteiger partial charge in [-0.25, -0.2) is 8.78 Å². The van der Waals surface area contributed by atoms with Gasteiger partial charge in [0.1, 0.15) is 13.5 Å². The van der Waals surface area contributed by atoms with Gasteiger partial charge in [-0.2, -0.15) is 0 Å². The van der Waals surface area contributed by atoms with Crippen LogP contribution >= 0.6 is 0 Å². The Hall–Kier alpha value is -0.925. The Kier molecular flexibility index (Phi) is 1.99. The highest BCUT2D eigenvalue weighted by molar-refractivity contribution is 6.31. The Bertz CT molecular complexity index is 209. The van der Waals surface area contributed by atoms with Crippen LogP contribution in [-0.2, 0) is 0 Å². The van der Waals surface area contributed by atoms with Gasteiger partial charge in [-0.3, -0.25) is 4.98 Å². The smallest absolute Gasteiger partial charge is 0.256 e. The van der Waals surface area contributed by atoms with E-state index in [9.17, 15) is 8.78 Å². The van der Waals surface area contributed by atoms with Gasteiger partial charge in [-0.05, 0) is 6.07 Å². The van der Waals surface area contributed by atoms with E-state index in [-0.39, 0.29) is 5.69 Å². The largest absolute Gasteiger partial charge is 0.280 e. The van der Waals surface area contributed by atoms with Gasteiger partial charge in [0.2, 0.25) is 0 Å². The summed E-state index contributed by atoms with van der Waals surface area (Å²) in [4.78, 5) is 3.53. The molecule has 1 nitrogen and oxygen atoms in total. The van der Waals surface area contributed by atoms with Crippen molar-refractivity contribution in [2.75, 3.05) is 0 Å². The normalized spacial score (nSPS) is 10.3. The molecule has 1 aromatic heterocycles. The van der Waals surface area contributed by atoms with Gasteiger partial charge in [-0.15, -0.1) is 0 Å². The molecule has 4 heteroatoms. The number of hydrogen-bond acceptors (Lipinski definition) is 1. The molecule has 0 fully saturated rings. The van der Waals surface area contributed by atoms with Gasteiger partial charge < -0.3 is 0 Å². The lowest BCUT2D eigenvalue weighted by molar-refractivity contribution is 0.146. The molecule has 1 aromatic rings. The van der Waals surface area contributed by atoms with E-state index in [0.29, 0.717) is 0 Å². The van der Waals surface area contributed by atoms with Gasteiger partial charge in [0.25, 0.3) is 6.43 Å². The van der Waals surface area contributed by atoms with Crippen LogP contribution in [0.15, 0.2) is 18.3 Å². The molecule has 0 N–H and O–H groups in total. The van der Waals surface area contributed by atoms with Crippen molar-refractivity contribution in [3.8, 4) is 0 Å². The summed E-state index contributed by atoms with van der Waals surface area (Å²) in [7, 11) is 1.81. The van der Waals surface area contributed by atoms with Crippen LogP contribution in [0.25, 0.3) is 0 Å². The Morgan fingerprint density at radius 2 is 2.10 bits per heavy atom. The molecule has 0 spiro atoms. The van der Waals surface area contributed by atoms with Crippen molar-refractivity contribution >= 4 is 13.3 Å². The number of nitrogens with zero attached hydrogens (tertiary/aromatic N) is 1. The van der Waals surface area contributed by atoms with Gasteiger partial charge >= 0.3 is 0 Å². The second-order valence-electron chi connectivity index (χ2n) is 2.06. The molecule has 0 unspecified atom stereocenters. The fraction of sp³-hybridized carbons (Fsp3) is 0.167. The van der Waals surface area contributed by atoms with Crippen LogP contribution in [0.2, 0.25) is 0 Å². The highest BCUT2D eigenvalue weighted by Crippen LogP contribution is 2.13. The van der Waals surface area contributed by atoms with Crippen LogP contribution in [0.4, 0.5) is 8.78 Å². The summed E-state index contributed by atoms with van der Waals surface area (Å²) in [5.74, 6) is 0. The molecule has 0 saturated carbocycles. The van der Waals surface area contributed by atoms with Crippen LogP contribution in [0.5, 0.6) is 0 Å². The van der Waals surface area contributed by atoms with Crippen molar-refractivity contribution in [1.82, 2.24) is 4.98 Å². The van der Waals surface area contributed by atoms with Crippen LogP contribution in [0.1, 0.15) is 12.1 Å². The number of alkyl halides is 2. The van der Waals surface area contributed by atoms with Crippen LogP contribution < -0.4 is 5.46 Å². The Morgan fingerprint density at radius 3 is 2.50 bits per heavy atom. The highest BCUT2D eigenvalue weighted by Gasteiger charge is 2.05. The van der Waals surface area contributed by atoms with E-state index in [2.05, 4.69) is 4.98 Å². The molecule has 0 aliphatic carbocycles. The molecule has 0 amide bonds. The van der Waals surface area contributed by atoms with Gasteiger partial charge in [0, 0.05) is 6.20 Å². The lowest BCUT2D eigenvalue weighted by Gasteiger charge is -1.96. The minimum absolute atomic E-state index is 0.161. The van der Waals surface area contributed by atoms with Crippen LogP contribution in [-0.4, -0.2) is 12.8 Å². The fourth-order valence-corrected chi connectivity index (χ4v) is 0.608. The average Bonchev–Trinajstić information content (AvgIpc) is 1.88. The molecule has 0 radical (unpaired) electrons. The quantitative estimate of drug-likeness (QED) is 0.511. The number of rotatable bonds is 1. The predicted octanol–water partition coefficient (Wildman–Crippen LogP) is 0.278. The van der Waals surface area contributed by atoms with E-state index in [1.165, 1.54) is 12.3 Å². The summed E-state index contributed by atoms with van der Waals surface area (Å²) in [5, 5.41) is 0. The van der Waals surface area contributed by atoms with E-state index in [1.54, 1.807) is 6.07 Å². The second kappa shape index (κ2) is 2.77. The van der Waals surface area contributed by atoms with Crippen LogP contribution in [0, 0.1) is 0 Å². The molecule has 0 aromatic carbocycles. The van der Waals surface area contributed by atoms with Crippen molar-refractivity contribution in [2.45, 2.75) is 6.43 Å². The number of halogens is 2. The van der Waals surface area contributed by atoms with Crippen molar-refractivity contribution in [1.29, 1.82) is 0 Å². The summed E-state index contributed by atoms with van der Waals surface area (Å²) >= 11 is 0. The van der Waals surface area contributed by atoms with Crippen molar-refractivity contribution in [3.05, 3.63) is 24.0 Å². The second-order valence-corrected chi connectivity index (χ2v) is 2.06. The minimum atomic E-state index is -2.46. The molecule has 1 rings (SSSR count). The monoisotopic (exact) mass is 141 g/mol. The topological polar surface area (TPSA) is 12.9 Å². The third-order valence-corrected chi connectivity index (χ3v) is 1.16. The Morgan fingerprint density at radius 1 is 1.40 bits per heavy atom. The van der Waals surface area contributed by atoms with E-state index in [0.717, 1.165) is 5.46 Å². The summed E-state index contributed by atoms with van der Waals surface area (Å²) < 4.78 is 23.7. The Labute approximate surface area is 58.5 Å². The predicted molar refractivity (Wildman–Crippen MR) is 37.4 cm³/mol. The lowest BCUT2D eigenvalue weighted by Crippen LogP contribution is -2.03. The van der Waals surface area contributed by atoms with Gasteiger partial charge in [0.15, 0.2) is 0 Å². The number of hydrogen-bond donors (Lipinski definition) is 0. The maximum absolute atomic E-state index is 11.8. The summed E-state index contributed by atoms with van der Waals surface area (Å²) in [6.45, 7) is 0. The first kappa shape index (κ1) is 7.19. The molecule has 1 heterocycles. The zero-order valence-corrected chi connectivity index (χ0v) is 5.51. The van der Waals surface area contributed by atoms with E-state index in [1.807, 2.05) is 7.85 Å². The fourth-order valence-electron chi connectivity index (χ4n) is 0.608. The third kappa shape index (κ3) is 1.53. The molecule has 0 aliphatic rings. The number of aromatic nitrogens is 1. The maximum atomic E-state index is 11.8. The first-order valence-corrected chi connectivity index (χ1v) is 2.91. The van der Waals surface area contributed by atoms with Gasteiger partial charge in [-0.1, -0.05) is 11.5 Å². The van der Waals surface area contributed by atoms with Crippen molar-refractivity contribution in [2.24, 2.45) is 0 Å². The average molecular weight is 141 g/mol. The van der Waals surface area contributed by atoms with E-state index in [4.69, 9.17) is 0 Å². The first-order chi connectivity index (χ1) is 4.70. The SMILES string of the molecule is Bc1ccc(C(F)F)nc1. The zero-order valence-electron chi connectivity index (χ0n) is 5.51. The lowest BCUT2D eigenvalue weighted by atomic mass is 9.99.